The summed E-state index contributed by atoms with van der Waals surface area (Å²) in [5, 5.41) is 11.5. The molecule has 0 aliphatic rings. The lowest BCUT2D eigenvalue weighted by Crippen LogP contribution is -2.33. The molecule has 0 saturated carbocycles. The summed E-state index contributed by atoms with van der Waals surface area (Å²) in [6.45, 7) is 1.36. The highest BCUT2D eigenvalue weighted by Crippen LogP contribution is 2.33. The van der Waals surface area contributed by atoms with Crippen molar-refractivity contribution in [3.8, 4) is 0 Å². The number of halogens is 2. The highest BCUT2D eigenvalue weighted by molar-refractivity contribution is 5.36. The fourth-order valence-corrected chi connectivity index (χ4v) is 3.23. The van der Waals surface area contributed by atoms with E-state index in [4.69, 9.17) is 0 Å². The van der Waals surface area contributed by atoms with Crippen LogP contribution in [0.3, 0.4) is 0 Å². The average molecular weight is 367 g/mol. The molecule has 3 aromatic rings. The summed E-state index contributed by atoms with van der Waals surface area (Å²) in [4.78, 5) is 2.12. The van der Waals surface area contributed by atoms with Gasteiger partial charge in [0.2, 0.25) is 0 Å². The molecule has 140 valence electrons. The van der Waals surface area contributed by atoms with Gasteiger partial charge < -0.3 is 10.0 Å². The van der Waals surface area contributed by atoms with Gasteiger partial charge in [-0.25, -0.2) is 8.78 Å². The van der Waals surface area contributed by atoms with Crippen molar-refractivity contribution in [1.29, 1.82) is 0 Å². The normalized spacial score (nSPS) is 11.7. The summed E-state index contributed by atoms with van der Waals surface area (Å²) < 4.78 is 26.7. The lowest BCUT2D eigenvalue weighted by molar-refractivity contribution is 0.0595. The maximum atomic E-state index is 13.3. The Hall–Kier alpha value is -2.56. The first-order valence-corrected chi connectivity index (χ1v) is 8.94. The summed E-state index contributed by atoms with van der Waals surface area (Å²) in [6.07, 6.45) is 0.396. The number of hydrogen-bond donors (Lipinski definition) is 1. The van der Waals surface area contributed by atoms with Crippen LogP contribution in [0.5, 0.6) is 0 Å². The topological polar surface area (TPSA) is 23.5 Å². The van der Waals surface area contributed by atoms with Gasteiger partial charge in [-0.1, -0.05) is 54.6 Å². The van der Waals surface area contributed by atoms with E-state index in [1.807, 2.05) is 25.2 Å². The average Bonchev–Trinajstić information content (AvgIpc) is 2.68. The molecule has 0 atom stereocenters. The summed E-state index contributed by atoms with van der Waals surface area (Å²) in [5.41, 5.74) is 1.03. The van der Waals surface area contributed by atoms with E-state index in [0.717, 1.165) is 6.54 Å². The van der Waals surface area contributed by atoms with E-state index in [9.17, 15) is 13.9 Å². The maximum absolute atomic E-state index is 13.3. The lowest BCUT2D eigenvalue weighted by atomic mass is 9.83. The predicted molar refractivity (Wildman–Crippen MR) is 103 cm³/mol. The standard InChI is InChI=1S/C23H23F2NO/c1-26(17-18-5-3-2-4-6-18)16-15-23(27,19-7-11-21(24)12-8-19)20-9-13-22(25)14-10-20/h2-14,27H,15-17H2,1H3. The molecule has 0 bridgehead atoms. The van der Waals surface area contributed by atoms with Gasteiger partial charge in [-0.3, -0.25) is 0 Å². The molecular formula is C23H23F2NO. The quantitative estimate of drug-likeness (QED) is 0.653. The molecule has 0 spiro atoms. The SMILES string of the molecule is CN(CCC(O)(c1ccc(F)cc1)c1ccc(F)cc1)Cc1ccccc1. The van der Waals surface area contributed by atoms with Crippen molar-refractivity contribution in [2.24, 2.45) is 0 Å². The monoisotopic (exact) mass is 367 g/mol. The molecule has 0 radical (unpaired) electrons. The first-order chi connectivity index (χ1) is 13.0. The van der Waals surface area contributed by atoms with Crippen molar-refractivity contribution in [3.05, 3.63) is 107 Å². The Morgan fingerprint density at radius 3 is 1.74 bits per heavy atom. The highest BCUT2D eigenvalue weighted by Gasteiger charge is 2.31. The Kier molecular flexibility index (Phi) is 5.99. The highest BCUT2D eigenvalue weighted by atomic mass is 19.1. The van der Waals surface area contributed by atoms with Gasteiger partial charge in [0.15, 0.2) is 0 Å². The maximum Gasteiger partial charge on any atom is 0.123 e. The number of nitrogens with zero attached hydrogens (tertiary/aromatic N) is 1. The molecule has 1 N–H and O–H groups in total. The third-order valence-electron chi connectivity index (χ3n) is 4.79. The van der Waals surface area contributed by atoms with Gasteiger partial charge in [-0.2, -0.15) is 0 Å². The van der Waals surface area contributed by atoms with Gasteiger partial charge >= 0.3 is 0 Å². The molecule has 0 heterocycles. The molecule has 0 saturated heterocycles. The first kappa shape index (κ1) is 19.2. The second-order valence-corrected chi connectivity index (χ2v) is 6.85. The molecule has 0 aliphatic carbocycles. The van der Waals surface area contributed by atoms with Gasteiger partial charge in [-0.05, 0) is 54.4 Å². The molecular weight excluding hydrogens is 344 g/mol. The van der Waals surface area contributed by atoms with E-state index in [2.05, 4.69) is 17.0 Å². The second-order valence-electron chi connectivity index (χ2n) is 6.85. The fraction of sp³-hybridized carbons (Fsp3) is 0.217. The van der Waals surface area contributed by atoms with E-state index in [0.29, 0.717) is 24.1 Å². The molecule has 4 heteroatoms. The van der Waals surface area contributed by atoms with Crippen LogP contribution in [0.1, 0.15) is 23.1 Å². The summed E-state index contributed by atoms with van der Waals surface area (Å²) >= 11 is 0. The van der Waals surface area contributed by atoms with Gasteiger partial charge in [0.1, 0.15) is 17.2 Å². The molecule has 0 aromatic heterocycles. The molecule has 2 nitrogen and oxygen atoms in total. The zero-order valence-corrected chi connectivity index (χ0v) is 15.3. The van der Waals surface area contributed by atoms with Crippen LogP contribution in [0, 0.1) is 11.6 Å². The van der Waals surface area contributed by atoms with Crippen LogP contribution in [-0.2, 0) is 12.1 Å². The largest absolute Gasteiger partial charge is 0.380 e. The van der Waals surface area contributed by atoms with Gasteiger partial charge in [0.25, 0.3) is 0 Å². The Balaban J connectivity index is 1.81. The number of rotatable bonds is 7. The van der Waals surface area contributed by atoms with Crippen LogP contribution >= 0.6 is 0 Å². The van der Waals surface area contributed by atoms with Crippen molar-refractivity contribution in [2.75, 3.05) is 13.6 Å². The molecule has 3 aromatic carbocycles. The van der Waals surface area contributed by atoms with E-state index < -0.39 is 5.60 Å². The van der Waals surface area contributed by atoms with E-state index in [-0.39, 0.29) is 11.6 Å². The summed E-state index contributed by atoms with van der Waals surface area (Å²) in [5.74, 6) is -0.720. The third kappa shape index (κ3) is 4.79. The molecule has 0 fully saturated rings. The van der Waals surface area contributed by atoms with Crippen molar-refractivity contribution in [2.45, 2.75) is 18.6 Å². The summed E-state index contributed by atoms with van der Waals surface area (Å²) in [6, 6.07) is 21.7. The minimum Gasteiger partial charge on any atom is -0.380 e. The number of benzene rings is 3. The summed E-state index contributed by atoms with van der Waals surface area (Å²) in [7, 11) is 1.99. The molecule has 0 aliphatic heterocycles. The van der Waals surface area contributed by atoms with Crippen LogP contribution in [0.15, 0.2) is 78.9 Å². The van der Waals surface area contributed by atoms with Gasteiger partial charge in [-0.15, -0.1) is 0 Å². The predicted octanol–water partition coefficient (Wildman–Crippen LogP) is 4.72. The fourth-order valence-electron chi connectivity index (χ4n) is 3.23. The Bertz CT molecular complexity index is 802. The minimum absolute atomic E-state index is 0.360. The van der Waals surface area contributed by atoms with Crippen LogP contribution in [0.4, 0.5) is 8.78 Å². The lowest BCUT2D eigenvalue weighted by Gasteiger charge is -2.31. The van der Waals surface area contributed by atoms with Crippen LogP contribution in [-0.4, -0.2) is 23.6 Å². The molecule has 27 heavy (non-hydrogen) atoms. The van der Waals surface area contributed by atoms with Gasteiger partial charge in [0, 0.05) is 13.1 Å². The number of aliphatic hydroxyl groups is 1. The van der Waals surface area contributed by atoms with Crippen LogP contribution < -0.4 is 0 Å². The molecule has 0 amide bonds. The van der Waals surface area contributed by atoms with E-state index in [1.165, 1.54) is 29.8 Å². The Morgan fingerprint density at radius 1 is 0.778 bits per heavy atom. The van der Waals surface area contributed by atoms with Crippen LogP contribution in [0.2, 0.25) is 0 Å². The minimum atomic E-state index is -1.33. The van der Waals surface area contributed by atoms with Crippen LogP contribution in [0.25, 0.3) is 0 Å². The molecule has 3 rings (SSSR count). The zero-order valence-electron chi connectivity index (χ0n) is 15.3. The van der Waals surface area contributed by atoms with Crippen molar-refractivity contribution in [3.63, 3.8) is 0 Å². The van der Waals surface area contributed by atoms with Crippen molar-refractivity contribution >= 4 is 0 Å². The van der Waals surface area contributed by atoms with E-state index in [1.54, 1.807) is 24.3 Å². The Morgan fingerprint density at radius 2 is 1.26 bits per heavy atom. The molecule has 0 unspecified atom stereocenters. The smallest absolute Gasteiger partial charge is 0.123 e. The first-order valence-electron chi connectivity index (χ1n) is 8.94. The zero-order chi connectivity index (χ0) is 19.3. The Labute approximate surface area is 158 Å². The van der Waals surface area contributed by atoms with Crippen molar-refractivity contribution in [1.82, 2.24) is 4.90 Å². The number of hydrogen-bond acceptors (Lipinski definition) is 2. The second kappa shape index (κ2) is 8.42. The van der Waals surface area contributed by atoms with E-state index >= 15 is 0 Å². The van der Waals surface area contributed by atoms with Crippen molar-refractivity contribution < 1.29 is 13.9 Å². The third-order valence-corrected chi connectivity index (χ3v) is 4.79. The van der Waals surface area contributed by atoms with Gasteiger partial charge in [0.05, 0.1) is 0 Å².